The van der Waals surface area contributed by atoms with Gasteiger partial charge in [0.05, 0.1) is 19.1 Å². The molecule has 2 unspecified atom stereocenters. The number of carbonyl (C=O) groups is 1. The van der Waals surface area contributed by atoms with Crippen LogP contribution >= 0.6 is 0 Å². The van der Waals surface area contributed by atoms with E-state index in [0.29, 0.717) is 26.1 Å². The molecule has 2 heterocycles. The Morgan fingerprint density at radius 1 is 1.39 bits per heavy atom. The van der Waals surface area contributed by atoms with Crippen molar-refractivity contribution in [1.29, 1.82) is 0 Å². The highest BCUT2D eigenvalue weighted by Gasteiger charge is 2.43. The molecular weight excluding hydrogens is 249 g/mol. The Balaban J connectivity index is 1.93. The summed E-state index contributed by atoms with van der Waals surface area (Å²) in [5.74, 6) is -1.66. The zero-order chi connectivity index (χ0) is 13.2. The van der Waals surface area contributed by atoms with Gasteiger partial charge in [-0.05, 0) is 12.8 Å². The lowest BCUT2D eigenvalue weighted by Gasteiger charge is -2.36. The number of amides is 1. The van der Waals surface area contributed by atoms with Gasteiger partial charge < -0.3 is 15.0 Å². The predicted molar refractivity (Wildman–Crippen MR) is 58.0 cm³/mol. The summed E-state index contributed by atoms with van der Waals surface area (Å²) in [6.45, 7) is 1.53. The van der Waals surface area contributed by atoms with Crippen molar-refractivity contribution >= 4 is 5.91 Å². The molecule has 4 nitrogen and oxygen atoms in total. The van der Waals surface area contributed by atoms with Gasteiger partial charge in [0.25, 0.3) is 0 Å². The number of alkyl halides is 3. The minimum Gasteiger partial charge on any atom is -0.378 e. The van der Waals surface area contributed by atoms with Crippen LogP contribution in [0.4, 0.5) is 13.2 Å². The number of likely N-dealkylation sites (tertiary alicyclic amines) is 1. The first kappa shape index (κ1) is 13.6. The van der Waals surface area contributed by atoms with Crippen LogP contribution in [0.15, 0.2) is 0 Å². The molecule has 18 heavy (non-hydrogen) atoms. The van der Waals surface area contributed by atoms with Gasteiger partial charge in [-0.3, -0.25) is 4.79 Å². The van der Waals surface area contributed by atoms with Crippen molar-refractivity contribution in [2.24, 2.45) is 5.92 Å². The highest BCUT2D eigenvalue weighted by molar-refractivity contribution is 5.82. The van der Waals surface area contributed by atoms with Crippen molar-refractivity contribution in [3.63, 3.8) is 0 Å². The van der Waals surface area contributed by atoms with Crippen molar-refractivity contribution in [1.82, 2.24) is 10.2 Å². The van der Waals surface area contributed by atoms with E-state index < -0.39 is 18.1 Å². The average molecular weight is 266 g/mol. The third-order valence-corrected chi connectivity index (χ3v) is 3.42. The second kappa shape index (κ2) is 5.44. The standard InChI is InChI=1S/C11H17F3N2O2/c12-11(13,14)8-2-1-4-16(6-8)10(17)9-7-18-5-3-15-9/h8-9,15H,1-7H2. The van der Waals surface area contributed by atoms with Gasteiger partial charge >= 0.3 is 6.18 Å². The summed E-state index contributed by atoms with van der Waals surface area (Å²) >= 11 is 0. The maximum atomic E-state index is 12.6. The molecule has 0 aromatic heterocycles. The number of hydrogen-bond acceptors (Lipinski definition) is 3. The molecule has 0 aliphatic carbocycles. The smallest absolute Gasteiger partial charge is 0.378 e. The van der Waals surface area contributed by atoms with Gasteiger partial charge in [0.1, 0.15) is 6.04 Å². The number of carbonyl (C=O) groups excluding carboxylic acids is 1. The monoisotopic (exact) mass is 266 g/mol. The summed E-state index contributed by atoms with van der Waals surface area (Å²) < 4.78 is 43.1. The lowest BCUT2D eigenvalue weighted by atomic mass is 9.97. The van der Waals surface area contributed by atoms with Gasteiger partial charge in [0.15, 0.2) is 0 Å². The second-order valence-corrected chi connectivity index (χ2v) is 4.75. The molecule has 2 saturated heterocycles. The maximum absolute atomic E-state index is 12.6. The van der Waals surface area contributed by atoms with Crippen molar-refractivity contribution in [3.05, 3.63) is 0 Å². The average Bonchev–Trinajstić information content (AvgIpc) is 2.38. The minimum absolute atomic E-state index is 0.113. The van der Waals surface area contributed by atoms with Gasteiger partial charge in [0.2, 0.25) is 5.91 Å². The number of halogens is 3. The van der Waals surface area contributed by atoms with E-state index in [1.165, 1.54) is 4.90 Å². The Bertz CT molecular complexity index is 303. The molecule has 2 fully saturated rings. The topological polar surface area (TPSA) is 41.6 Å². The Hall–Kier alpha value is -0.820. The van der Waals surface area contributed by atoms with E-state index in [4.69, 9.17) is 4.74 Å². The van der Waals surface area contributed by atoms with Crippen LogP contribution in [0.5, 0.6) is 0 Å². The molecule has 104 valence electrons. The Labute approximate surface area is 103 Å². The van der Waals surface area contributed by atoms with Gasteiger partial charge in [-0.1, -0.05) is 0 Å². The second-order valence-electron chi connectivity index (χ2n) is 4.75. The summed E-state index contributed by atoms with van der Waals surface area (Å²) in [5, 5.41) is 2.97. The molecule has 0 saturated carbocycles. The van der Waals surface area contributed by atoms with Crippen LogP contribution in [-0.2, 0) is 9.53 Å². The van der Waals surface area contributed by atoms with Crippen LogP contribution in [0.25, 0.3) is 0 Å². The first-order valence-corrected chi connectivity index (χ1v) is 6.15. The molecule has 1 amide bonds. The quantitative estimate of drug-likeness (QED) is 0.762. The molecular formula is C11H17F3N2O2. The summed E-state index contributed by atoms with van der Waals surface area (Å²) in [6.07, 6.45) is -3.69. The van der Waals surface area contributed by atoms with Crippen molar-refractivity contribution in [2.45, 2.75) is 25.1 Å². The number of hydrogen-bond donors (Lipinski definition) is 1. The van der Waals surface area contributed by atoms with Gasteiger partial charge in [-0.15, -0.1) is 0 Å². The number of ether oxygens (including phenoxy) is 1. The third-order valence-electron chi connectivity index (χ3n) is 3.42. The van der Waals surface area contributed by atoms with E-state index in [9.17, 15) is 18.0 Å². The normalized spacial score (nSPS) is 30.3. The van der Waals surface area contributed by atoms with Crippen LogP contribution in [0.1, 0.15) is 12.8 Å². The fraction of sp³-hybridized carbons (Fsp3) is 0.909. The molecule has 2 rings (SSSR count). The van der Waals surface area contributed by atoms with E-state index in [1.54, 1.807) is 0 Å². The molecule has 2 aliphatic heterocycles. The lowest BCUT2D eigenvalue weighted by Crippen LogP contribution is -2.55. The molecule has 2 aliphatic rings. The fourth-order valence-corrected chi connectivity index (χ4v) is 2.39. The van der Waals surface area contributed by atoms with Crippen LogP contribution < -0.4 is 5.32 Å². The Kier molecular flexibility index (Phi) is 4.11. The van der Waals surface area contributed by atoms with Crippen molar-refractivity contribution in [2.75, 3.05) is 32.8 Å². The minimum atomic E-state index is -4.21. The fourth-order valence-electron chi connectivity index (χ4n) is 2.39. The molecule has 2 atom stereocenters. The molecule has 0 aromatic rings. The lowest BCUT2D eigenvalue weighted by molar-refractivity contribution is -0.188. The maximum Gasteiger partial charge on any atom is 0.393 e. The number of nitrogens with one attached hydrogen (secondary N) is 1. The highest BCUT2D eigenvalue weighted by Crippen LogP contribution is 2.33. The van der Waals surface area contributed by atoms with Crippen molar-refractivity contribution < 1.29 is 22.7 Å². The molecule has 0 bridgehead atoms. The van der Waals surface area contributed by atoms with Gasteiger partial charge in [0, 0.05) is 19.6 Å². The predicted octanol–water partition coefficient (Wildman–Crippen LogP) is 0.776. The number of nitrogens with zero attached hydrogens (tertiary/aromatic N) is 1. The van der Waals surface area contributed by atoms with E-state index in [-0.39, 0.29) is 25.5 Å². The molecule has 0 aromatic carbocycles. The molecule has 0 radical (unpaired) electrons. The van der Waals surface area contributed by atoms with Gasteiger partial charge in [-0.2, -0.15) is 13.2 Å². The van der Waals surface area contributed by atoms with E-state index in [0.717, 1.165) is 0 Å². The summed E-state index contributed by atoms with van der Waals surface area (Å²) in [6, 6.07) is -0.495. The van der Waals surface area contributed by atoms with Crippen LogP contribution in [-0.4, -0.2) is 55.9 Å². The number of morpholine rings is 1. The van der Waals surface area contributed by atoms with E-state index in [1.807, 2.05) is 0 Å². The largest absolute Gasteiger partial charge is 0.393 e. The van der Waals surface area contributed by atoms with E-state index in [2.05, 4.69) is 5.32 Å². The first-order valence-electron chi connectivity index (χ1n) is 6.15. The zero-order valence-electron chi connectivity index (χ0n) is 10.0. The summed E-state index contributed by atoms with van der Waals surface area (Å²) in [5.41, 5.74) is 0. The molecule has 1 N–H and O–H groups in total. The highest BCUT2D eigenvalue weighted by atomic mass is 19.4. The van der Waals surface area contributed by atoms with Crippen LogP contribution in [0.2, 0.25) is 0 Å². The molecule has 7 heteroatoms. The number of piperidine rings is 1. The SMILES string of the molecule is O=C(C1COCCN1)N1CCCC(C(F)(F)F)C1. The molecule has 0 spiro atoms. The number of rotatable bonds is 1. The van der Waals surface area contributed by atoms with E-state index >= 15 is 0 Å². The Morgan fingerprint density at radius 3 is 2.78 bits per heavy atom. The Morgan fingerprint density at radius 2 is 2.17 bits per heavy atom. The third kappa shape index (κ3) is 3.14. The van der Waals surface area contributed by atoms with Crippen LogP contribution in [0, 0.1) is 5.92 Å². The van der Waals surface area contributed by atoms with Crippen LogP contribution in [0.3, 0.4) is 0 Å². The first-order chi connectivity index (χ1) is 8.48. The zero-order valence-corrected chi connectivity index (χ0v) is 10.0. The van der Waals surface area contributed by atoms with Gasteiger partial charge in [-0.25, -0.2) is 0 Å². The van der Waals surface area contributed by atoms with Crippen molar-refractivity contribution in [3.8, 4) is 0 Å². The summed E-state index contributed by atoms with van der Waals surface area (Å²) in [4.78, 5) is 13.4. The summed E-state index contributed by atoms with van der Waals surface area (Å²) in [7, 11) is 0.